The van der Waals surface area contributed by atoms with Gasteiger partial charge in [0.05, 0.1) is 19.3 Å². The van der Waals surface area contributed by atoms with E-state index in [1.807, 2.05) is 0 Å². The van der Waals surface area contributed by atoms with Gasteiger partial charge in [-0.1, -0.05) is 21.9 Å². The highest BCUT2D eigenvalue weighted by molar-refractivity contribution is 5.91. The Balaban J connectivity index is 1.53. The smallest absolute Gasteiger partial charge is 0.276 e. The molecular weight excluding hydrogens is 310 g/mol. The van der Waals surface area contributed by atoms with Crippen LogP contribution in [0.3, 0.4) is 0 Å². The normalized spacial score (nSPS) is 15.6. The van der Waals surface area contributed by atoms with Crippen LogP contribution in [0.5, 0.6) is 0 Å². The van der Waals surface area contributed by atoms with E-state index in [0.717, 1.165) is 26.2 Å². The molecule has 0 spiro atoms. The number of aryl methyl sites for hydroxylation is 1. The Kier molecular flexibility index (Phi) is 5.19. The highest BCUT2D eigenvalue weighted by Gasteiger charge is 2.19. The van der Waals surface area contributed by atoms with Crippen LogP contribution < -0.4 is 0 Å². The Morgan fingerprint density at radius 1 is 1.25 bits per heavy atom. The molecule has 0 unspecified atom stereocenters. The lowest BCUT2D eigenvalue weighted by Crippen LogP contribution is -2.32. The van der Waals surface area contributed by atoms with Gasteiger partial charge < -0.3 is 9.80 Å². The molecule has 0 atom stereocenters. The molecule has 1 saturated heterocycles. The Morgan fingerprint density at radius 3 is 2.75 bits per heavy atom. The molecule has 0 aliphatic carbocycles. The van der Waals surface area contributed by atoms with Crippen LogP contribution in [0.25, 0.3) is 0 Å². The maximum Gasteiger partial charge on any atom is 0.276 e. The maximum atomic E-state index is 12.4. The van der Waals surface area contributed by atoms with Gasteiger partial charge in [-0.05, 0) is 32.9 Å². The van der Waals surface area contributed by atoms with Crippen molar-refractivity contribution in [1.82, 2.24) is 35.1 Å². The molecule has 0 aromatic carbocycles. The highest BCUT2D eigenvalue weighted by Crippen LogP contribution is 2.09. The molecule has 0 bridgehead atoms. The van der Waals surface area contributed by atoms with E-state index in [1.54, 1.807) is 24.9 Å². The Morgan fingerprint density at radius 2 is 2.04 bits per heavy atom. The number of amides is 1. The van der Waals surface area contributed by atoms with E-state index in [4.69, 9.17) is 0 Å². The molecule has 9 nitrogen and oxygen atoms in total. The van der Waals surface area contributed by atoms with Gasteiger partial charge in [-0.2, -0.15) is 0 Å². The van der Waals surface area contributed by atoms with Gasteiger partial charge in [0.25, 0.3) is 5.91 Å². The number of carbonyl (C=O) groups excluding carboxylic acids is 1. The zero-order valence-electron chi connectivity index (χ0n) is 14.2. The molecule has 2 aromatic rings. The minimum absolute atomic E-state index is 0.193. The lowest BCUT2D eigenvalue weighted by atomic mass is 10.1. The van der Waals surface area contributed by atoms with E-state index in [0.29, 0.717) is 23.6 Å². The van der Waals surface area contributed by atoms with Crippen molar-refractivity contribution in [3.63, 3.8) is 0 Å². The summed E-state index contributed by atoms with van der Waals surface area (Å²) in [5.41, 5.74) is 1.66. The largest absolute Gasteiger partial charge is 0.334 e. The van der Waals surface area contributed by atoms with Gasteiger partial charge in [0.2, 0.25) is 0 Å². The summed E-state index contributed by atoms with van der Waals surface area (Å²) in [7, 11) is 1.70. The second kappa shape index (κ2) is 7.52. The molecule has 9 heteroatoms. The Bertz CT molecular complexity index is 675. The molecule has 1 fully saturated rings. The van der Waals surface area contributed by atoms with Crippen LogP contribution in [0.15, 0.2) is 10.8 Å². The fraction of sp³-hybridized carbons (Fsp3) is 0.667. The number of rotatable bonds is 6. The molecule has 0 N–H and O–H groups in total. The van der Waals surface area contributed by atoms with E-state index >= 15 is 0 Å². The van der Waals surface area contributed by atoms with E-state index in [-0.39, 0.29) is 5.91 Å². The van der Waals surface area contributed by atoms with Crippen LogP contribution in [-0.4, -0.2) is 67.7 Å². The number of hydrogen-bond acceptors (Lipinski definition) is 7. The predicted octanol–water partition coefficient (Wildman–Crippen LogP) is 0.728. The summed E-state index contributed by atoms with van der Waals surface area (Å²) < 4.78 is 6.39. The van der Waals surface area contributed by atoms with Gasteiger partial charge >= 0.3 is 0 Å². The van der Waals surface area contributed by atoms with Gasteiger partial charge in [-0.15, -0.1) is 5.10 Å². The zero-order valence-corrected chi connectivity index (χ0v) is 14.2. The van der Waals surface area contributed by atoms with Crippen molar-refractivity contribution in [3.05, 3.63) is 23.3 Å². The van der Waals surface area contributed by atoms with Gasteiger partial charge in [-0.25, -0.2) is 4.63 Å². The fourth-order valence-electron chi connectivity index (χ4n) is 2.82. The molecule has 2 aromatic heterocycles. The third-order valence-electron chi connectivity index (χ3n) is 4.33. The average Bonchev–Trinajstić information content (AvgIpc) is 3.23. The highest BCUT2D eigenvalue weighted by atomic mass is 16.6. The fourth-order valence-corrected chi connectivity index (χ4v) is 2.82. The molecule has 1 aliphatic rings. The second-order valence-corrected chi connectivity index (χ2v) is 6.23. The van der Waals surface area contributed by atoms with E-state index < -0.39 is 0 Å². The van der Waals surface area contributed by atoms with Crippen LogP contribution >= 0.6 is 0 Å². The lowest BCUT2D eigenvalue weighted by Gasteiger charge is -2.25. The van der Waals surface area contributed by atoms with Gasteiger partial charge in [0.15, 0.2) is 5.69 Å². The van der Waals surface area contributed by atoms with Gasteiger partial charge in [0, 0.05) is 13.6 Å². The number of piperidine rings is 1. The average molecular weight is 333 g/mol. The summed E-state index contributed by atoms with van der Waals surface area (Å²) >= 11 is 0. The summed E-state index contributed by atoms with van der Waals surface area (Å²) in [6.07, 6.45) is 5.56. The number of likely N-dealkylation sites (tertiary alicyclic amines) is 1. The minimum atomic E-state index is -0.193. The summed E-state index contributed by atoms with van der Waals surface area (Å²) in [5, 5.41) is 15.6. The van der Waals surface area contributed by atoms with Crippen LogP contribution in [0.2, 0.25) is 0 Å². The molecular formula is C15H23N7O2. The monoisotopic (exact) mass is 333 g/mol. The first-order chi connectivity index (χ1) is 11.6. The summed E-state index contributed by atoms with van der Waals surface area (Å²) in [4.78, 5) is 16.4. The number of nitrogens with zero attached hydrogens (tertiary/aromatic N) is 7. The van der Waals surface area contributed by atoms with Crippen molar-refractivity contribution in [2.75, 3.05) is 26.7 Å². The summed E-state index contributed by atoms with van der Waals surface area (Å²) in [6.45, 7) is 6.10. The molecule has 1 aliphatic heterocycles. The van der Waals surface area contributed by atoms with Gasteiger partial charge in [0.1, 0.15) is 11.4 Å². The zero-order chi connectivity index (χ0) is 16.9. The lowest BCUT2D eigenvalue weighted by molar-refractivity contribution is 0.0776. The molecule has 130 valence electrons. The van der Waals surface area contributed by atoms with Crippen molar-refractivity contribution in [2.24, 2.45) is 0 Å². The van der Waals surface area contributed by atoms with Crippen molar-refractivity contribution in [2.45, 2.75) is 39.3 Å². The number of hydrogen-bond donors (Lipinski definition) is 0. The Hall–Kier alpha value is -2.29. The molecule has 3 heterocycles. The Labute approximate surface area is 140 Å². The third-order valence-corrected chi connectivity index (χ3v) is 4.33. The van der Waals surface area contributed by atoms with Crippen molar-refractivity contribution >= 4 is 5.91 Å². The SMILES string of the molecule is Cc1nonc1CN(C)C(=O)c1cn(CCN2CCCCC2)nn1. The summed E-state index contributed by atoms with van der Waals surface area (Å²) in [6, 6.07) is 0. The first-order valence-electron chi connectivity index (χ1n) is 8.29. The number of aromatic nitrogens is 5. The topological polar surface area (TPSA) is 93.2 Å². The predicted molar refractivity (Wildman–Crippen MR) is 85.1 cm³/mol. The minimum Gasteiger partial charge on any atom is -0.334 e. The maximum absolute atomic E-state index is 12.4. The molecule has 24 heavy (non-hydrogen) atoms. The first kappa shape index (κ1) is 16.6. The van der Waals surface area contributed by atoms with E-state index in [2.05, 4.69) is 30.2 Å². The second-order valence-electron chi connectivity index (χ2n) is 6.23. The molecule has 0 saturated carbocycles. The van der Waals surface area contributed by atoms with Crippen LogP contribution in [0, 0.1) is 6.92 Å². The van der Waals surface area contributed by atoms with Crippen molar-refractivity contribution < 1.29 is 9.42 Å². The standard InChI is InChI=1S/C15H23N7O2/c1-12-13(18-24-17-12)10-20(2)15(23)14-11-22(19-16-14)9-8-21-6-4-3-5-7-21/h11H,3-10H2,1-2H3. The summed E-state index contributed by atoms with van der Waals surface area (Å²) in [5.74, 6) is -0.193. The van der Waals surface area contributed by atoms with E-state index in [9.17, 15) is 4.79 Å². The van der Waals surface area contributed by atoms with E-state index in [1.165, 1.54) is 24.2 Å². The van der Waals surface area contributed by atoms with Crippen molar-refractivity contribution in [3.8, 4) is 0 Å². The molecule has 1 amide bonds. The van der Waals surface area contributed by atoms with Crippen LogP contribution in [-0.2, 0) is 13.1 Å². The third kappa shape index (κ3) is 3.97. The van der Waals surface area contributed by atoms with Crippen LogP contribution in [0.4, 0.5) is 0 Å². The molecule has 3 rings (SSSR count). The van der Waals surface area contributed by atoms with Crippen molar-refractivity contribution in [1.29, 1.82) is 0 Å². The number of carbonyl (C=O) groups is 1. The van der Waals surface area contributed by atoms with Gasteiger partial charge in [-0.3, -0.25) is 9.48 Å². The quantitative estimate of drug-likeness (QED) is 0.769. The first-order valence-corrected chi connectivity index (χ1v) is 8.29. The van der Waals surface area contributed by atoms with Crippen LogP contribution in [0.1, 0.15) is 41.1 Å². The molecule has 0 radical (unpaired) electrons.